The Morgan fingerprint density at radius 1 is 1.06 bits per heavy atom. The minimum atomic E-state index is -0.0748. The highest BCUT2D eigenvalue weighted by molar-refractivity contribution is 5.88. The molecule has 0 bridgehead atoms. The van der Waals surface area contributed by atoms with Gasteiger partial charge in [0, 0.05) is 50.0 Å². The quantitative estimate of drug-likeness (QED) is 0.713. The number of hydrogen-bond donors (Lipinski definition) is 2. The fourth-order valence-corrected chi connectivity index (χ4v) is 5.96. The maximum atomic E-state index is 11.2. The number of benzene rings is 1. The summed E-state index contributed by atoms with van der Waals surface area (Å²) in [7, 11) is 0. The summed E-state index contributed by atoms with van der Waals surface area (Å²) in [6, 6.07) is 12.8. The third-order valence-electron chi connectivity index (χ3n) is 7.48. The van der Waals surface area contributed by atoms with Crippen LogP contribution in [0.2, 0.25) is 0 Å². The van der Waals surface area contributed by atoms with Crippen LogP contribution in [0, 0.1) is 11.8 Å². The molecule has 1 aromatic carbocycles. The van der Waals surface area contributed by atoms with Gasteiger partial charge in [-0.05, 0) is 75.6 Å². The molecule has 33 heavy (non-hydrogen) atoms. The lowest BCUT2D eigenvalue weighted by atomic mass is 9.93. The van der Waals surface area contributed by atoms with E-state index in [1.54, 1.807) is 0 Å². The van der Waals surface area contributed by atoms with Crippen LogP contribution in [0.15, 0.2) is 36.4 Å². The van der Waals surface area contributed by atoms with Gasteiger partial charge in [-0.1, -0.05) is 12.1 Å². The first kappa shape index (κ1) is 22.3. The van der Waals surface area contributed by atoms with E-state index in [9.17, 15) is 4.79 Å². The van der Waals surface area contributed by atoms with Crippen molar-refractivity contribution in [2.75, 3.05) is 30.3 Å². The SMILES string of the molecule is CC(=O)Nc1ccc(-c2ccc(N[C@H]3C[C@@H]4CN(C5CCOC(C)(C)C5)C[C@@H]4C3)nn2)cc1. The normalized spacial score (nSPS) is 28.9. The zero-order valence-electron chi connectivity index (χ0n) is 19.9. The number of fused-ring (bicyclic) bond motifs is 1. The van der Waals surface area contributed by atoms with E-state index in [1.165, 1.54) is 39.3 Å². The van der Waals surface area contributed by atoms with Gasteiger partial charge in [-0.3, -0.25) is 9.69 Å². The highest BCUT2D eigenvalue weighted by Gasteiger charge is 2.44. The van der Waals surface area contributed by atoms with E-state index in [0.29, 0.717) is 12.1 Å². The minimum absolute atomic E-state index is 0.0169. The lowest BCUT2D eigenvalue weighted by Crippen LogP contribution is -2.45. The van der Waals surface area contributed by atoms with E-state index in [-0.39, 0.29) is 11.5 Å². The third-order valence-corrected chi connectivity index (χ3v) is 7.48. The van der Waals surface area contributed by atoms with Crippen molar-refractivity contribution in [3.8, 4) is 11.3 Å². The summed E-state index contributed by atoms with van der Waals surface area (Å²) >= 11 is 0. The van der Waals surface area contributed by atoms with Gasteiger partial charge in [0.25, 0.3) is 0 Å². The molecule has 4 atom stereocenters. The largest absolute Gasteiger partial charge is 0.375 e. The molecule has 1 aromatic heterocycles. The number of hydrogen-bond acceptors (Lipinski definition) is 6. The van der Waals surface area contributed by atoms with E-state index in [2.05, 4.69) is 39.6 Å². The molecule has 7 heteroatoms. The second-order valence-electron chi connectivity index (χ2n) is 10.6. The summed E-state index contributed by atoms with van der Waals surface area (Å²) in [5.74, 6) is 2.33. The number of likely N-dealkylation sites (tertiary alicyclic amines) is 1. The van der Waals surface area contributed by atoms with Crippen molar-refractivity contribution in [2.45, 2.75) is 64.1 Å². The molecule has 0 radical (unpaired) electrons. The number of carbonyl (C=O) groups excluding carboxylic acids is 1. The Bertz CT molecular complexity index is 961. The van der Waals surface area contributed by atoms with Crippen LogP contribution in [0.25, 0.3) is 11.3 Å². The number of nitrogens with one attached hydrogen (secondary N) is 2. The molecule has 1 unspecified atom stereocenters. The van der Waals surface area contributed by atoms with Crippen LogP contribution in [0.5, 0.6) is 0 Å². The first-order valence-corrected chi connectivity index (χ1v) is 12.2. The average molecular weight is 450 g/mol. The van der Waals surface area contributed by atoms with Crippen molar-refractivity contribution in [1.29, 1.82) is 0 Å². The second-order valence-corrected chi connectivity index (χ2v) is 10.6. The Labute approximate surface area is 196 Å². The van der Waals surface area contributed by atoms with E-state index in [4.69, 9.17) is 4.74 Å². The van der Waals surface area contributed by atoms with Crippen LogP contribution in [-0.2, 0) is 9.53 Å². The lowest BCUT2D eigenvalue weighted by molar-refractivity contribution is -0.114. The fraction of sp³-hybridized carbons (Fsp3) is 0.577. The maximum absolute atomic E-state index is 11.2. The molecule has 5 rings (SSSR count). The third kappa shape index (κ3) is 5.20. The molecule has 2 N–H and O–H groups in total. The topological polar surface area (TPSA) is 79.4 Å². The molecular formula is C26H35N5O2. The standard InChI is InChI=1S/C26H35N5O2/c1-17(32)27-21-6-4-18(5-7-21)24-8-9-25(30-29-24)28-22-12-19-15-31(16-20(19)13-22)23-10-11-33-26(2,3)14-23/h4-9,19-20,22-23H,10-16H2,1-3H3,(H,27,32)(H,28,30)/t19-,20+,22+,23?. The first-order valence-electron chi connectivity index (χ1n) is 12.2. The van der Waals surface area contributed by atoms with Crippen LogP contribution in [0.4, 0.5) is 11.5 Å². The summed E-state index contributed by atoms with van der Waals surface area (Å²) in [6.07, 6.45) is 4.73. The first-order chi connectivity index (χ1) is 15.8. The molecule has 176 valence electrons. The average Bonchev–Trinajstić information content (AvgIpc) is 3.33. The predicted molar refractivity (Wildman–Crippen MR) is 130 cm³/mol. The minimum Gasteiger partial charge on any atom is -0.375 e. The fourth-order valence-electron chi connectivity index (χ4n) is 5.96. The predicted octanol–water partition coefficient (Wildman–Crippen LogP) is 4.18. The highest BCUT2D eigenvalue weighted by Crippen LogP contribution is 2.41. The Hall–Kier alpha value is -2.51. The molecule has 3 fully saturated rings. The summed E-state index contributed by atoms with van der Waals surface area (Å²) in [5, 5.41) is 15.3. The molecule has 2 aliphatic heterocycles. The van der Waals surface area contributed by atoms with E-state index in [0.717, 1.165) is 47.6 Å². The molecule has 7 nitrogen and oxygen atoms in total. The molecule has 2 saturated heterocycles. The van der Waals surface area contributed by atoms with Crippen LogP contribution in [-0.4, -0.2) is 58.4 Å². The summed E-state index contributed by atoms with van der Waals surface area (Å²) in [6.45, 7) is 9.30. The molecule has 1 saturated carbocycles. The number of carbonyl (C=O) groups is 1. The van der Waals surface area contributed by atoms with Crippen molar-refractivity contribution in [3.63, 3.8) is 0 Å². The highest BCUT2D eigenvalue weighted by atomic mass is 16.5. The number of nitrogens with zero attached hydrogens (tertiary/aromatic N) is 3. The van der Waals surface area contributed by atoms with E-state index < -0.39 is 0 Å². The summed E-state index contributed by atoms with van der Waals surface area (Å²) in [4.78, 5) is 13.9. The molecule has 1 aliphatic carbocycles. The number of rotatable bonds is 5. The molecule has 2 aromatic rings. The Morgan fingerprint density at radius 2 is 1.79 bits per heavy atom. The lowest BCUT2D eigenvalue weighted by Gasteiger charge is -2.40. The van der Waals surface area contributed by atoms with Gasteiger partial charge in [-0.25, -0.2) is 0 Å². The zero-order chi connectivity index (χ0) is 23.0. The van der Waals surface area contributed by atoms with Gasteiger partial charge in [0.1, 0.15) is 5.82 Å². The van der Waals surface area contributed by atoms with Gasteiger partial charge in [-0.15, -0.1) is 10.2 Å². The van der Waals surface area contributed by atoms with E-state index >= 15 is 0 Å². The number of amides is 1. The van der Waals surface area contributed by atoms with Crippen LogP contribution >= 0.6 is 0 Å². The Kier molecular flexibility index (Phi) is 6.10. The molecule has 3 aliphatic rings. The number of ether oxygens (including phenoxy) is 1. The molecule has 1 amide bonds. The van der Waals surface area contributed by atoms with Gasteiger partial charge < -0.3 is 15.4 Å². The number of anilines is 2. The summed E-state index contributed by atoms with van der Waals surface area (Å²) in [5.41, 5.74) is 2.61. The number of aromatic nitrogens is 2. The maximum Gasteiger partial charge on any atom is 0.221 e. The summed E-state index contributed by atoms with van der Waals surface area (Å²) < 4.78 is 5.92. The van der Waals surface area contributed by atoms with Crippen molar-refractivity contribution >= 4 is 17.4 Å². The van der Waals surface area contributed by atoms with Crippen molar-refractivity contribution in [1.82, 2.24) is 15.1 Å². The van der Waals surface area contributed by atoms with E-state index in [1.807, 2.05) is 36.4 Å². The van der Waals surface area contributed by atoms with Crippen molar-refractivity contribution in [3.05, 3.63) is 36.4 Å². The van der Waals surface area contributed by atoms with Crippen LogP contribution in [0.3, 0.4) is 0 Å². The van der Waals surface area contributed by atoms with Gasteiger partial charge in [0.15, 0.2) is 0 Å². The molecule has 3 heterocycles. The van der Waals surface area contributed by atoms with Gasteiger partial charge >= 0.3 is 0 Å². The monoisotopic (exact) mass is 449 g/mol. The zero-order valence-corrected chi connectivity index (χ0v) is 19.9. The van der Waals surface area contributed by atoms with Gasteiger partial charge in [0.2, 0.25) is 5.91 Å². The Balaban J connectivity index is 1.13. The Morgan fingerprint density at radius 3 is 2.39 bits per heavy atom. The van der Waals surface area contributed by atoms with Crippen molar-refractivity contribution in [2.24, 2.45) is 11.8 Å². The second kappa shape index (κ2) is 9.03. The van der Waals surface area contributed by atoms with Crippen LogP contribution < -0.4 is 10.6 Å². The van der Waals surface area contributed by atoms with Gasteiger partial charge in [0.05, 0.1) is 11.3 Å². The van der Waals surface area contributed by atoms with Crippen molar-refractivity contribution < 1.29 is 9.53 Å². The molecule has 0 spiro atoms. The smallest absolute Gasteiger partial charge is 0.221 e. The molecular weight excluding hydrogens is 414 g/mol. The van der Waals surface area contributed by atoms with Crippen LogP contribution in [0.1, 0.15) is 46.5 Å². The van der Waals surface area contributed by atoms with Gasteiger partial charge in [-0.2, -0.15) is 0 Å².